The van der Waals surface area contributed by atoms with Crippen molar-refractivity contribution in [1.82, 2.24) is 0 Å². The fraction of sp³-hybridized carbons (Fsp3) is 0.875. The molecule has 0 heterocycles. The van der Waals surface area contributed by atoms with Crippen molar-refractivity contribution in [3.63, 3.8) is 0 Å². The van der Waals surface area contributed by atoms with Crippen LogP contribution in [0.1, 0.15) is 96.9 Å². The van der Waals surface area contributed by atoms with E-state index in [1.807, 2.05) is 96.9 Å². The summed E-state index contributed by atoms with van der Waals surface area (Å²) in [4.78, 5) is 0. The van der Waals surface area contributed by atoms with Gasteiger partial charge in [-0.1, -0.05) is 96.9 Å². The zero-order valence-corrected chi connectivity index (χ0v) is 15.4. The van der Waals surface area contributed by atoms with E-state index in [0.29, 0.717) is 0 Å². The van der Waals surface area contributed by atoms with Gasteiger partial charge in [0.1, 0.15) is 0 Å². The fourth-order valence-electron chi connectivity index (χ4n) is 0. The Kier molecular flexibility index (Phi) is 147000. The average Bonchev–Trinajstić information content (AvgIpc) is 2.54. The highest BCUT2D eigenvalue weighted by molar-refractivity contribution is 4.22. The minimum Gasteiger partial charge on any atom is -0.106 e. The third kappa shape index (κ3) is 33000. The molecule has 16 heavy (non-hydrogen) atoms. The number of hydrogen-bond acceptors (Lipinski definition) is 0. The molecule has 0 aliphatic carbocycles. The van der Waals surface area contributed by atoms with Crippen LogP contribution in [0.5, 0.6) is 0 Å². The van der Waals surface area contributed by atoms with Gasteiger partial charge >= 0.3 is 0 Å². The predicted molar refractivity (Wildman–Crippen MR) is 90.7 cm³/mol. The highest BCUT2D eigenvalue weighted by Crippen LogP contribution is 1.16. The van der Waals surface area contributed by atoms with Gasteiger partial charge in [-0.2, -0.15) is 0 Å². The molecule has 0 spiro atoms. The van der Waals surface area contributed by atoms with E-state index in [2.05, 4.69) is 13.2 Å². The summed E-state index contributed by atoms with van der Waals surface area (Å²) in [5.74, 6) is 0. The van der Waals surface area contributed by atoms with Crippen LogP contribution >= 0.6 is 0 Å². The van der Waals surface area contributed by atoms with Gasteiger partial charge in [0.15, 0.2) is 0 Å². The van der Waals surface area contributed by atoms with Crippen molar-refractivity contribution in [3.8, 4) is 0 Å². The number of rotatable bonds is 0. The van der Waals surface area contributed by atoms with Gasteiger partial charge in [-0.25, -0.2) is 0 Å². The van der Waals surface area contributed by atoms with Gasteiger partial charge in [-0.05, 0) is 0 Å². The van der Waals surface area contributed by atoms with Crippen molar-refractivity contribution in [2.45, 2.75) is 96.9 Å². The second-order valence-corrected chi connectivity index (χ2v) is 0. The molecule has 0 bridgehead atoms. The molecule has 0 aliphatic heterocycles. The van der Waals surface area contributed by atoms with Crippen molar-refractivity contribution in [2.75, 3.05) is 0 Å². The van der Waals surface area contributed by atoms with Crippen molar-refractivity contribution in [3.05, 3.63) is 13.2 Å². The lowest BCUT2D eigenvalue weighted by Gasteiger charge is -1.07. The van der Waals surface area contributed by atoms with Gasteiger partial charge in [0.2, 0.25) is 0 Å². The van der Waals surface area contributed by atoms with Crippen LogP contribution in [-0.4, -0.2) is 0 Å². The summed E-state index contributed by atoms with van der Waals surface area (Å²) in [6, 6.07) is 0. The molecule has 0 fully saturated rings. The van der Waals surface area contributed by atoms with Gasteiger partial charge in [-0.3, -0.25) is 0 Å². The standard InChI is InChI=1S/7C2H6.C2H4/c8*1-2/h7*1-2H3;1-2H2. The van der Waals surface area contributed by atoms with Crippen molar-refractivity contribution >= 4 is 0 Å². The minimum absolute atomic E-state index is 2.00. The van der Waals surface area contributed by atoms with E-state index in [1.54, 1.807) is 0 Å². The molecule has 0 aromatic rings. The van der Waals surface area contributed by atoms with E-state index < -0.39 is 0 Å². The van der Waals surface area contributed by atoms with E-state index in [0.717, 1.165) is 0 Å². The Balaban J connectivity index is -0.00000000762. The Morgan fingerprint density at radius 2 is 0.250 bits per heavy atom. The maximum Gasteiger partial charge on any atom is -0.0683 e. The van der Waals surface area contributed by atoms with Crippen LogP contribution in [0, 0.1) is 0 Å². The smallest absolute Gasteiger partial charge is 0.0683 e. The second-order valence-electron chi connectivity index (χ2n) is 0. The topological polar surface area (TPSA) is 0 Å². The largest absolute Gasteiger partial charge is 0.106 e. The molecule has 0 rings (SSSR count). The quantitative estimate of drug-likeness (QED) is 0.375. The normalized spacial score (nSPS) is 2.88. The molecule has 0 aromatic carbocycles. The van der Waals surface area contributed by atoms with E-state index in [-0.39, 0.29) is 0 Å². The lowest BCUT2D eigenvalue weighted by atomic mass is 11.0. The summed E-state index contributed by atoms with van der Waals surface area (Å²) in [6.45, 7) is 34.0. The molecule has 0 saturated heterocycles. The molecule has 0 amide bonds. The summed E-state index contributed by atoms with van der Waals surface area (Å²) in [7, 11) is 0. The van der Waals surface area contributed by atoms with Gasteiger partial charge in [0, 0.05) is 0 Å². The highest BCUT2D eigenvalue weighted by Gasteiger charge is 0.944. The summed E-state index contributed by atoms with van der Waals surface area (Å²) in [6.07, 6.45) is 0. The van der Waals surface area contributed by atoms with Crippen molar-refractivity contribution in [1.29, 1.82) is 0 Å². The third-order valence-electron chi connectivity index (χ3n) is 0. The summed E-state index contributed by atoms with van der Waals surface area (Å²) < 4.78 is 0. The molecule has 0 nitrogen and oxygen atoms in total. The van der Waals surface area contributed by atoms with Gasteiger partial charge in [0.05, 0.1) is 0 Å². The monoisotopic (exact) mass is 238 g/mol. The maximum absolute atomic E-state index is 3.00. The zero-order valence-electron chi connectivity index (χ0n) is 15.4. The SMILES string of the molecule is C=C.CC.CC.CC.CC.CC.CC.CC. The molecule has 0 aromatic heterocycles. The van der Waals surface area contributed by atoms with Gasteiger partial charge in [0.25, 0.3) is 0 Å². The van der Waals surface area contributed by atoms with Crippen LogP contribution in [0.4, 0.5) is 0 Å². The molecule has 0 atom stereocenters. The zero-order chi connectivity index (χ0) is 16.0. The highest BCUT2D eigenvalue weighted by atomic mass is 13.0. The molecule has 110 valence electrons. The molecular formula is C16H46. The first-order valence-electron chi connectivity index (χ1n) is 7.50. The van der Waals surface area contributed by atoms with Gasteiger partial charge in [-0.15, -0.1) is 13.2 Å². The summed E-state index contributed by atoms with van der Waals surface area (Å²) >= 11 is 0. The predicted octanol–water partition coefficient (Wildman–Crippen LogP) is 7.99. The third-order valence-corrected chi connectivity index (χ3v) is 0. The summed E-state index contributed by atoms with van der Waals surface area (Å²) in [5.41, 5.74) is 0. The van der Waals surface area contributed by atoms with Crippen LogP contribution in [-0.2, 0) is 0 Å². The molecule has 0 radical (unpaired) electrons. The van der Waals surface area contributed by atoms with E-state index in [1.165, 1.54) is 0 Å². The summed E-state index contributed by atoms with van der Waals surface area (Å²) in [5, 5.41) is 0. The first-order valence-corrected chi connectivity index (χ1v) is 7.50. The molecule has 0 heteroatoms. The Hall–Kier alpha value is -0.260. The van der Waals surface area contributed by atoms with Crippen LogP contribution < -0.4 is 0 Å². The Morgan fingerprint density at radius 1 is 0.250 bits per heavy atom. The van der Waals surface area contributed by atoms with Crippen LogP contribution in [0.3, 0.4) is 0 Å². The molecular weight excluding hydrogens is 192 g/mol. The maximum atomic E-state index is 3.00. The first-order chi connectivity index (χ1) is 8.00. The molecule has 0 unspecified atom stereocenters. The van der Waals surface area contributed by atoms with Crippen LogP contribution in [0.15, 0.2) is 13.2 Å². The fourth-order valence-corrected chi connectivity index (χ4v) is 0. The molecule has 0 saturated carbocycles. The van der Waals surface area contributed by atoms with E-state index in [4.69, 9.17) is 0 Å². The van der Waals surface area contributed by atoms with Crippen LogP contribution in [0.2, 0.25) is 0 Å². The Labute approximate surface area is 111 Å². The van der Waals surface area contributed by atoms with E-state index >= 15 is 0 Å². The second kappa shape index (κ2) is 41200. The minimum atomic E-state index is 2.00. The van der Waals surface area contributed by atoms with Crippen molar-refractivity contribution < 1.29 is 0 Å². The Bertz CT molecular complexity index is 0. The number of hydrogen-bond donors (Lipinski definition) is 0. The first kappa shape index (κ1) is 57.1. The van der Waals surface area contributed by atoms with Gasteiger partial charge < -0.3 is 0 Å². The lowest BCUT2D eigenvalue weighted by Crippen LogP contribution is -0.856. The average molecular weight is 239 g/mol. The molecule has 0 N–H and O–H groups in total. The Morgan fingerprint density at radius 3 is 0.250 bits per heavy atom. The lowest BCUT2D eigenvalue weighted by molar-refractivity contribution is 1.50. The van der Waals surface area contributed by atoms with Crippen molar-refractivity contribution in [2.24, 2.45) is 0 Å². The van der Waals surface area contributed by atoms with E-state index in [9.17, 15) is 0 Å². The molecule has 0 aliphatic rings. The van der Waals surface area contributed by atoms with Crippen LogP contribution in [0.25, 0.3) is 0 Å².